The van der Waals surface area contributed by atoms with Gasteiger partial charge in [-0.2, -0.15) is 0 Å². The summed E-state index contributed by atoms with van der Waals surface area (Å²) in [6.07, 6.45) is 7.47. The Labute approximate surface area is 128 Å². The number of pyridine rings is 3. The van der Waals surface area contributed by atoms with Crippen molar-refractivity contribution in [2.45, 2.75) is 6.92 Å². The quantitative estimate of drug-likeness (QED) is 0.563. The summed E-state index contributed by atoms with van der Waals surface area (Å²) in [4.78, 5) is 13.4. The second kappa shape index (κ2) is 5.07. The van der Waals surface area contributed by atoms with E-state index in [4.69, 9.17) is 0 Å². The Kier molecular flexibility index (Phi) is 2.93. The smallest absolute Gasteiger partial charge is 0.144 e. The standard InChI is InChI=1S/C18H14N4/c1-13-4-2-9-19-17(13)16-7-6-15(12-21-16)22-11-8-14-5-3-10-20-18(14)22/h2-12H,1H3. The summed E-state index contributed by atoms with van der Waals surface area (Å²) in [6.45, 7) is 2.04. The molecule has 0 unspecified atom stereocenters. The highest BCUT2D eigenvalue weighted by atomic mass is 15.0. The second-order valence-electron chi connectivity index (χ2n) is 5.17. The molecule has 0 fully saturated rings. The van der Waals surface area contributed by atoms with Gasteiger partial charge in [-0.25, -0.2) is 4.98 Å². The lowest BCUT2D eigenvalue weighted by Crippen LogP contribution is -1.96. The Balaban J connectivity index is 1.78. The van der Waals surface area contributed by atoms with Crippen molar-refractivity contribution in [1.29, 1.82) is 0 Å². The van der Waals surface area contributed by atoms with Crippen molar-refractivity contribution in [1.82, 2.24) is 19.5 Å². The molecular formula is C18H14N4. The minimum atomic E-state index is 0.881. The zero-order valence-corrected chi connectivity index (χ0v) is 12.1. The van der Waals surface area contributed by atoms with Gasteiger partial charge in [-0.15, -0.1) is 0 Å². The highest BCUT2D eigenvalue weighted by Crippen LogP contribution is 2.21. The lowest BCUT2D eigenvalue weighted by Gasteiger charge is -2.07. The third kappa shape index (κ3) is 2.05. The van der Waals surface area contributed by atoms with E-state index < -0.39 is 0 Å². The van der Waals surface area contributed by atoms with Gasteiger partial charge in [0.2, 0.25) is 0 Å². The molecule has 106 valence electrons. The summed E-state index contributed by atoms with van der Waals surface area (Å²) in [7, 11) is 0. The molecule has 0 N–H and O–H groups in total. The van der Waals surface area contributed by atoms with Gasteiger partial charge in [0, 0.05) is 24.0 Å². The Bertz CT molecular complexity index is 939. The van der Waals surface area contributed by atoms with E-state index in [2.05, 4.69) is 27.1 Å². The van der Waals surface area contributed by atoms with E-state index in [1.54, 1.807) is 12.4 Å². The van der Waals surface area contributed by atoms with Gasteiger partial charge in [0.25, 0.3) is 0 Å². The highest BCUT2D eigenvalue weighted by Gasteiger charge is 2.07. The maximum atomic E-state index is 4.56. The molecule has 4 heterocycles. The number of rotatable bonds is 2. The third-order valence-electron chi connectivity index (χ3n) is 3.73. The average Bonchev–Trinajstić information content (AvgIpc) is 3.00. The van der Waals surface area contributed by atoms with E-state index in [1.165, 1.54) is 0 Å². The van der Waals surface area contributed by atoms with Crippen LogP contribution in [0.3, 0.4) is 0 Å². The first-order valence-corrected chi connectivity index (χ1v) is 7.13. The van der Waals surface area contributed by atoms with Crippen LogP contribution in [0.5, 0.6) is 0 Å². The zero-order chi connectivity index (χ0) is 14.9. The monoisotopic (exact) mass is 286 g/mol. The molecule has 0 aliphatic heterocycles. The molecule has 0 aromatic carbocycles. The normalized spacial score (nSPS) is 11.0. The minimum Gasteiger partial charge on any atom is -0.300 e. The van der Waals surface area contributed by atoms with Gasteiger partial charge in [-0.3, -0.25) is 14.5 Å². The van der Waals surface area contributed by atoms with Crippen LogP contribution in [0.25, 0.3) is 28.1 Å². The molecule has 0 saturated carbocycles. The van der Waals surface area contributed by atoms with Crippen LogP contribution in [0.15, 0.2) is 67.3 Å². The van der Waals surface area contributed by atoms with Crippen molar-refractivity contribution in [2.24, 2.45) is 0 Å². The predicted molar refractivity (Wildman–Crippen MR) is 86.8 cm³/mol. The molecular weight excluding hydrogens is 272 g/mol. The molecule has 0 atom stereocenters. The van der Waals surface area contributed by atoms with Crippen molar-refractivity contribution < 1.29 is 0 Å². The Morgan fingerprint density at radius 3 is 2.55 bits per heavy atom. The highest BCUT2D eigenvalue weighted by molar-refractivity contribution is 5.77. The molecule has 0 bridgehead atoms. The van der Waals surface area contributed by atoms with Gasteiger partial charge in [-0.1, -0.05) is 6.07 Å². The van der Waals surface area contributed by atoms with E-state index in [0.717, 1.165) is 33.7 Å². The second-order valence-corrected chi connectivity index (χ2v) is 5.17. The number of hydrogen-bond donors (Lipinski definition) is 0. The molecule has 0 radical (unpaired) electrons. The fourth-order valence-corrected chi connectivity index (χ4v) is 2.60. The van der Waals surface area contributed by atoms with Crippen LogP contribution in [0.1, 0.15) is 5.56 Å². The van der Waals surface area contributed by atoms with Crippen molar-refractivity contribution in [3.63, 3.8) is 0 Å². The van der Waals surface area contributed by atoms with Crippen molar-refractivity contribution >= 4 is 11.0 Å². The molecule has 4 aromatic heterocycles. The molecule has 0 saturated heterocycles. The lowest BCUT2D eigenvalue weighted by molar-refractivity contribution is 1.07. The summed E-state index contributed by atoms with van der Waals surface area (Å²) < 4.78 is 2.04. The molecule has 4 rings (SSSR count). The van der Waals surface area contributed by atoms with E-state index in [9.17, 15) is 0 Å². The fraction of sp³-hybridized carbons (Fsp3) is 0.0556. The van der Waals surface area contributed by atoms with Gasteiger partial charge in [0.1, 0.15) is 5.65 Å². The lowest BCUT2D eigenvalue weighted by atomic mass is 10.1. The Morgan fingerprint density at radius 2 is 1.73 bits per heavy atom. The zero-order valence-electron chi connectivity index (χ0n) is 12.1. The van der Waals surface area contributed by atoms with Gasteiger partial charge in [0.15, 0.2) is 0 Å². The first-order valence-electron chi connectivity index (χ1n) is 7.13. The number of aromatic nitrogens is 4. The van der Waals surface area contributed by atoms with Crippen molar-refractivity contribution in [2.75, 3.05) is 0 Å². The molecule has 0 aliphatic rings. The van der Waals surface area contributed by atoms with E-state index in [0.29, 0.717) is 0 Å². The summed E-state index contributed by atoms with van der Waals surface area (Å²) in [6, 6.07) is 14.1. The predicted octanol–water partition coefficient (Wildman–Crippen LogP) is 3.79. The molecule has 0 aliphatic carbocycles. The number of hydrogen-bond acceptors (Lipinski definition) is 3. The SMILES string of the molecule is Cc1cccnc1-c1ccc(-n2ccc3cccnc32)cn1. The first-order chi connectivity index (χ1) is 10.8. The summed E-state index contributed by atoms with van der Waals surface area (Å²) in [5, 5.41) is 1.12. The minimum absolute atomic E-state index is 0.881. The van der Waals surface area contributed by atoms with E-state index >= 15 is 0 Å². The molecule has 4 nitrogen and oxygen atoms in total. The number of fused-ring (bicyclic) bond motifs is 1. The van der Waals surface area contributed by atoms with Crippen molar-refractivity contribution in [3.05, 3.63) is 72.8 Å². The van der Waals surface area contributed by atoms with Crippen LogP contribution in [0.4, 0.5) is 0 Å². The van der Waals surface area contributed by atoms with Crippen LogP contribution in [-0.2, 0) is 0 Å². The van der Waals surface area contributed by atoms with Crippen LogP contribution >= 0.6 is 0 Å². The number of aryl methyl sites for hydroxylation is 1. The number of nitrogens with zero attached hydrogens (tertiary/aromatic N) is 4. The van der Waals surface area contributed by atoms with Gasteiger partial charge in [0.05, 0.1) is 23.3 Å². The first kappa shape index (κ1) is 12.7. The maximum Gasteiger partial charge on any atom is 0.144 e. The van der Waals surface area contributed by atoms with Gasteiger partial charge in [-0.05, 0) is 48.9 Å². The molecule has 0 amide bonds. The summed E-state index contributed by atoms with van der Waals surface area (Å²) in [5.41, 5.74) is 4.85. The van der Waals surface area contributed by atoms with Crippen LogP contribution < -0.4 is 0 Å². The molecule has 0 spiro atoms. The Hall–Kier alpha value is -3.01. The molecule has 22 heavy (non-hydrogen) atoms. The third-order valence-corrected chi connectivity index (χ3v) is 3.73. The summed E-state index contributed by atoms with van der Waals surface area (Å²) in [5.74, 6) is 0. The van der Waals surface area contributed by atoms with E-state index in [1.807, 2.05) is 54.2 Å². The van der Waals surface area contributed by atoms with Crippen molar-refractivity contribution in [3.8, 4) is 17.1 Å². The Morgan fingerprint density at radius 1 is 0.864 bits per heavy atom. The van der Waals surface area contributed by atoms with Gasteiger partial charge < -0.3 is 0 Å². The van der Waals surface area contributed by atoms with Crippen LogP contribution in [0.2, 0.25) is 0 Å². The van der Waals surface area contributed by atoms with Crippen LogP contribution in [-0.4, -0.2) is 19.5 Å². The van der Waals surface area contributed by atoms with Crippen LogP contribution in [0, 0.1) is 6.92 Å². The summed E-state index contributed by atoms with van der Waals surface area (Å²) >= 11 is 0. The molecule has 4 aromatic rings. The topological polar surface area (TPSA) is 43.6 Å². The maximum absolute atomic E-state index is 4.56. The van der Waals surface area contributed by atoms with E-state index in [-0.39, 0.29) is 0 Å². The van der Waals surface area contributed by atoms with Gasteiger partial charge >= 0.3 is 0 Å². The average molecular weight is 286 g/mol. The largest absolute Gasteiger partial charge is 0.300 e. The molecule has 4 heteroatoms. The fourth-order valence-electron chi connectivity index (χ4n) is 2.60.